The van der Waals surface area contributed by atoms with Gasteiger partial charge in [-0.15, -0.1) is 0 Å². The largest absolute Gasteiger partial charge is 0.497 e. The molecule has 0 radical (unpaired) electrons. The number of pyridine rings is 1. The van der Waals surface area contributed by atoms with Crippen LogP contribution in [0.15, 0.2) is 60.8 Å². The average Bonchev–Trinajstić information content (AvgIpc) is 3.02. The lowest BCUT2D eigenvalue weighted by atomic mass is 10.0. The molecule has 4 rings (SSSR count). The molecule has 4 aromatic rings. The summed E-state index contributed by atoms with van der Waals surface area (Å²) in [6.45, 7) is 0. The third-order valence-corrected chi connectivity index (χ3v) is 4.59. The van der Waals surface area contributed by atoms with Gasteiger partial charge in [0.25, 0.3) is 0 Å². The Hall–Kier alpha value is -2.81. The number of fused-ring (bicyclic) bond motifs is 3. The fourth-order valence-electron chi connectivity index (χ4n) is 3.34. The van der Waals surface area contributed by atoms with Gasteiger partial charge < -0.3 is 9.30 Å². The van der Waals surface area contributed by atoms with Gasteiger partial charge in [0, 0.05) is 30.1 Å². The van der Waals surface area contributed by atoms with Gasteiger partial charge in [-0.25, -0.2) is 0 Å². The van der Waals surface area contributed by atoms with Gasteiger partial charge in [0.1, 0.15) is 5.75 Å². The van der Waals surface area contributed by atoms with Crippen LogP contribution in [0.4, 0.5) is 0 Å². The Morgan fingerprint density at radius 1 is 0.958 bits per heavy atom. The summed E-state index contributed by atoms with van der Waals surface area (Å²) in [6.07, 6.45) is 4.02. The van der Waals surface area contributed by atoms with Crippen molar-refractivity contribution < 1.29 is 4.74 Å². The van der Waals surface area contributed by atoms with Gasteiger partial charge in [-0.2, -0.15) is 0 Å². The van der Waals surface area contributed by atoms with Crippen LogP contribution < -0.4 is 4.74 Å². The average molecular weight is 316 g/mol. The molecule has 24 heavy (non-hydrogen) atoms. The van der Waals surface area contributed by atoms with Gasteiger partial charge in [-0.05, 0) is 36.6 Å². The zero-order valence-corrected chi connectivity index (χ0v) is 14.0. The van der Waals surface area contributed by atoms with E-state index in [0.29, 0.717) is 0 Å². The van der Waals surface area contributed by atoms with Crippen LogP contribution in [0.5, 0.6) is 5.75 Å². The second-order valence-electron chi connectivity index (χ2n) is 6.12. The lowest BCUT2D eigenvalue weighted by molar-refractivity contribution is 0.415. The summed E-state index contributed by atoms with van der Waals surface area (Å²) >= 11 is 0. The lowest BCUT2D eigenvalue weighted by Crippen LogP contribution is -2.00. The number of nitrogens with zero attached hydrogens (tertiary/aromatic N) is 2. The van der Waals surface area contributed by atoms with Crippen molar-refractivity contribution >= 4 is 21.8 Å². The zero-order valence-electron chi connectivity index (χ0n) is 14.0. The Morgan fingerprint density at radius 2 is 1.79 bits per heavy atom. The maximum absolute atomic E-state index is 5.36. The molecule has 2 aromatic carbocycles. The predicted molar refractivity (Wildman–Crippen MR) is 98.6 cm³/mol. The highest BCUT2D eigenvalue weighted by Gasteiger charge is 2.12. The van der Waals surface area contributed by atoms with Crippen LogP contribution in [-0.4, -0.2) is 16.7 Å². The molecule has 0 unspecified atom stereocenters. The molecule has 0 amide bonds. The second kappa shape index (κ2) is 6.00. The van der Waals surface area contributed by atoms with Crippen molar-refractivity contribution in [2.24, 2.45) is 7.05 Å². The smallest absolute Gasteiger partial charge is 0.121 e. The minimum Gasteiger partial charge on any atom is -0.497 e. The molecule has 0 atom stereocenters. The Labute approximate surface area is 141 Å². The summed E-state index contributed by atoms with van der Waals surface area (Å²) in [5.41, 5.74) is 4.70. The highest BCUT2D eigenvalue weighted by molar-refractivity contribution is 6.06. The second-order valence-corrected chi connectivity index (χ2v) is 6.12. The summed E-state index contributed by atoms with van der Waals surface area (Å²) in [5, 5.41) is 2.43. The Kier molecular flexibility index (Phi) is 3.69. The van der Waals surface area contributed by atoms with E-state index in [4.69, 9.17) is 9.72 Å². The number of aryl methyl sites for hydroxylation is 3. The number of benzene rings is 2. The molecule has 2 heterocycles. The molecule has 0 fully saturated rings. The molecule has 0 spiro atoms. The molecule has 0 aliphatic carbocycles. The van der Waals surface area contributed by atoms with Gasteiger partial charge >= 0.3 is 0 Å². The number of rotatable bonds is 4. The fraction of sp³-hybridized carbons (Fsp3) is 0.190. The SMILES string of the molecule is COc1ccc2c(c1)nc(CCc1ccccc1)c1c2ccn1C. The van der Waals surface area contributed by atoms with Crippen LogP contribution in [0.3, 0.4) is 0 Å². The van der Waals surface area contributed by atoms with Crippen molar-refractivity contribution in [3.63, 3.8) is 0 Å². The lowest BCUT2D eigenvalue weighted by Gasteiger charge is -2.10. The fourth-order valence-corrected chi connectivity index (χ4v) is 3.34. The van der Waals surface area contributed by atoms with E-state index < -0.39 is 0 Å². The van der Waals surface area contributed by atoms with Crippen molar-refractivity contribution in [1.29, 1.82) is 0 Å². The number of hydrogen-bond acceptors (Lipinski definition) is 2. The summed E-state index contributed by atoms with van der Waals surface area (Å²) in [6, 6.07) is 18.9. The van der Waals surface area contributed by atoms with E-state index in [1.54, 1.807) is 7.11 Å². The Bertz CT molecular complexity index is 1000. The van der Waals surface area contributed by atoms with Crippen LogP contribution >= 0.6 is 0 Å². The van der Waals surface area contributed by atoms with E-state index in [9.17, 15) is 0 Å². The summed E-state index contributed by atoms with van der Waals surface area (Å²) < 4.78 is 7.54. The Morgan fingerprint density at radius 3 is 2.58 bits per heavy atom. The molecule has 3 nitrogen and oxygen atoms in total. The van der Waals surface area contributed by atoms with E-state index in [1.807, 2.05) is 12.1 Å². The van der Waals surface area contributed by atoms with Crippen LogP contribution in [0, 0.1) is 0 Å². The van der Waals surface area contributed by atoms with Crippen LogP contribution in [0.1, 0.15) is 11.3 Å². The van der Waals surface area contributed by atoms with Crippen molar-refractivity contribution in [2.45, 2.75) is 12.8 Å². The van der Waals surface area contributed by atoms with E-state index in [1.165, 1.54) is 21.9 Å². The topological polar surface area (TPSA) is 27.1 Å². The molecule has 0 aliphatic rings. The molecular formula is C21H20N2O. The van der Waals surface area contributed by atoms with Crippen molar-refractivity contribution in [3.05, 3.63) is 72.1 Å². The third kappa shape index (κ3) is 2.52. The molecule has 0 N–H and O–H groups in total. The maximum Gasteiger partial charge on any atom is 0.121 e. The number of ether oxygens (including phenoxy) is 1. The zero-order chi connectivity index (χ0) is 16.5. The predicted octanol–water partition coefficient (Wildman–Crippen LogP) is 4.52. The van der Waals surface area contributed by atoms with Gasteiger partial charge in [0.2, 0.25) is 0 Å². The molecule has 0 saturated carbocycles. The van der Waals surface area contributed by atoms with Gasteiger partial charge in [-0.1, -0.05) is 30.3 Å². The normalized spacial score (nSPS) is 11.2. The van der Waals surface area contributed by atoms with E-state index in [2.05, 4.69) is 60.3 Å². The monoisotopic (exact) mass is 316 g/mol. The van der Waals surface area contributed by atoms with Gasteiger partial charge in [-0.3, -0.25) is 4.98 Å². The molecular weight excluding hydrogens is 296 g/mol. The van der Waals surface area contributed by atoms with Crippen LogP contribution in [-0.2, 0) is 19.9 Å². The van der Waals surface area contributed by atoms with Crippen molar-refractivity contribution in [1.82, 2.24) is 9.55 Å². The van der Waals surface area contributed by atoms with E-state index in [-0.39, 0.29) is 0 Å². The third-order valence-electron chi connectivity index (χ3n) is 4.59. The van der Waals surface area contributed by atoms with Crippen LogP contribution in [0.25, 0.3) is 21.8 Å². The van der Waals surface area contributed by atoms with Crippen molar-refractivity contribution in [2.75, 3.05) is 7.11 Å². The first-order chi connectivity index (χ1) is 11.8. The minimum absolute atomic E-state index is 0.847. The molecule has 0 bridgehead atoms. The van der Waals surface area contributed by atoms with E-state index in [0.717, 1.165) is 29.8 Å². The highest BCUT2D eigenvalue weighted by Crippen LogP contribution is 2.30. The quantitative estimate of drug-likeness (QED) is 0.553. The van der Waals surface area contributed by atoms with Crippen molar-refractivity contribution in [3.8, 4) is 5.75 Å². The Balaban J connectivity index is 1.83. The first kappa shape index (κ1) is 14.8. The van der Waals surface area contributed by atoms with Gasteiger partial charge in [0.05, 0.1) is 23.8 Å². The van der Waals surface area contributed by atoms with Crippen LogP contribution in [0.2, 0.25) is 0 Å². The van der Waals surface area contributed by atoms with E-state index >= 15 is 0 Å². The molecule has 0 saturated heterocycles. The molecule has 0 aliphatic heterocycles. The molecule has 3 heteroatoms. The summed E-state index contributed by atoms with van der Waals surface area (Å²) in [7, 11) is 3.78. The first-order valence-electron chi connectivity index (χ1n) is 8.22. The number of hydrogen-bond donors (Lipinski definition) is 0. The first-order valence-corrected chi connectivity index (χ1v) is 8.22. The van der Waals surface area contributed by atoms with Gasteiger partial charge in [0.15, 0.2) is 0 Å². The standard InChI is InChI=1S/C21H20N2O/c1-23-13-12-18-17-10-9-16(24-2)14-20(17)22-19(21(18)23)11-8-15-6-4-3-5-7-15/h3-7,9-10,12-14H,8,11H2,1-2H3. The number of aromatic nitrogens is 2. The molecule has 2 aromatic heterocycles. The summed E-state index contributed by atoms with van der Waals surface area (Å²) in [5.74, 6) is 0.847. The highest BCUT2D eigenvalue weighted by atomic mass is 16.5. The summed E-state index contributed by atoms with van der Waals surface area (Å²) in [4.78, 5) is 4.96. The number of methoxy groups -OCH3 is 1. The minimum atomic E-state index is 0.847. The maximum atomic E-state index is 5.36. The molecule has 120 valence electrons.